The number of ether oxygens (including phenoxy) is 3. The minimum atomic E-state index is -3.86. The zero-order valence-corrected chi connectivity index (χ0v) is 18.0. The Labute approximate surface area is 175 Å². The molecular weight excluding hydrogens is 412 g/mol. The standard InChI is InChI=1S/C20H24N2O5S2/c1-3-26-16-6-4-5-7-17(16)27-12-20-22-15(13-28-20)10-14-8-9-18(25-2)19(11-14)29(21,23)24/h4-9,11,15H,3,10,12-13H2,1-2H3,(H2,21,23,24)/t15-/m0/s1. The first kappa shape index (κ1) is 21.5. The summed E-state index contributed by atoms with van der Waals surface area (Å²) in [7, 11) is -2.44. The van der Waals surface area contributed by atoms with Crippen molar-refractivity contribution in [1.29, 1.82) is 0 Å². The summed E-state index contributed by atoms with van der Waals surface area (Å²) in [6.45, 7) is 2.87. The maximum Gasteiger partial charge on any atom is 0.241 e. The monoisotopic (exact) mass is 436 g/mol. The Morgan fingerprint density at radius 1 is 1.14 bits per heavy atom. The molecule has 0 spiro atoms. The molecule has 0 aromatic heterocycles. The summed E-state index contributed by atoms with van der Waals surface area (Å²) in [4.78, 5) is 4.70. The third kappa shape index (κ3) is 5.65. The summed E-state index contributed by atoms with van der Waals surface area (Å²) in [5.41, 5.74) is 0.841. The molecule has 156 valence electrons. The van der Waals surface area contributed by atoms with Gasteiger partial charge in [0.2, 0.25) is 10.0 Å². The van der Waals surface area contributed by atoms with Gasteiger partial charge in [-0.15, -0.1) is 11.8 Å². The van der Waals surface area contributed by atoms with E-state index in [-0.39, 0.29) is 16.7 Å². The molecule has 0 bridgehead atoms. The van der Waals surface area contributed by atoms with Gasteiger partial charge in [0.05, 0.1) is 19.8 Å². The van der Waals surface area contributed by atoms with Crippen LogP contribution in [0.2, 0.25) is 0 Å². The Morgan fingerprint density at radius 2 is 1.86 bits per heavy atom. The molecule has 0 aliphatic carbocycles. The lowest BCUT2D eigenvalue weighted by Crippen LogP contribution is -2.15. The molecule has 3 rings (SSSR count). The van der Waals surface area contributed by atoms with E-state index in [1.165, 1.54) is 7.11 Å². The number of primary sulfonamides is 1. The van der Waals surface area contributed by atoms with Gasteiger partial charge in [-0.2, -0.15) is 0 Å². The molecule has 1 aliphatic rings. The number of hydrogen-bond acceptors (Lipinski definition) is 7. The number of sulfonamides is 1. The predicted molar refractivity (Wildman–Crippen MR) is 115 cm³/mol. The Kier molecular flexibility index (Phi) is 7.05. The fraction of sp³-hybridized carbons (Fsp3) is 0.350. The number of methoxy groups -OCH3 is 1. The SMILES string of the molecule is CCOc1ccccc1OCC1=N[C@@H](Cc2ccc(OC)c(S(N)(=O)=O)c2)CS1. The van der Waals surface area contributed by atoms with Crippen molar-refractivity contribution >= 4 is 26.8 Å². The number of para-hydroxylation sites is 2. The average molecular weight is 437 g/mol. The van der Waals surface area contributed by atoms with Gasteiger partial charge in [-0.3, -0.25) is 4.99 Å². The van der Waals surface area contributed by atoms with Crippen LogP contribution in [0.25, 0.3) is 0 Å². The summed E-state index contributed by atoms with van der Waals surface area (Å²) < 4.78 is 40.1. The van der Waals surface area contributed by atoms with Crippen LogP contribution in [-0.2, 0) is 16.4 Å². The van der Waals surface area contributed by atoms with Crippen molar-refractivity contribution in [2.75, 3.05) is 26.1 Å². The van der Waals surface area contributed by atoms with Crippen LogP contribution in [0.1, 0.15) is 12.5 Å². The predicted octanol–water partition coefficient (Wildman–Crippen LogP) is 2.88. The Balaban J connectivity index is 1.65. The lowest BCUT2D eigenvalue weighted by Gasteiger charge is -2.11. The van der Waals surface area contributed by atoms with Crippen LogP contribution in [-0.4, -0.2) is 45.6 Å². The maximum absolute atomic E-state index is 11.8. The highest BCUT2D eigenvalue weighted by Gasteiger charge is 2.21. The summed E-state index contributed by atoms with van der Waals surface area (Å²) >= 11 is 1.64. The lowest BCUT2D eigenvalue weighted by molar-refractivity contribution is 0.302. The Morgan fingerprint density at radius 3 is 2.52 bits per heavy atom. The zero-order valence-electron chi connectivity index (χ0n) is 16.3. The molecule has 29 heavy (non-hydrogen) atoms. The number of hydrogen-bond donors (Lipinski definition) is 1. The number of nitrogens with zero attached hydrogens (tertiary/aromatic N) is 1. The van der Waals surface area contributed by atoms with Gasteiger partial charge in [0, 0.05) is 5.75 Å². The first-order valence-electron chi connectivity index (χ1n) is 9.14. The van der Waals surface area contributed by atoms with Crippen molar-refractivity contribution < 1.29 is 22.6 Å². The van der Waals surface area contributed by atoms with Crippen LogP contribution in [0.5, 0.6) is 17.2 Å². The van der Waals surface area contributed by atoms with Crippen molar-refractivity contribution in [3.8, 4) is 17.2 Å². The van der Waals surface area contributed by atoms with Crippen molar-refractivity contribution in [2.45, 2.75) is 24.3 Å². The van der Waals surface area contributed by atoms with Gasteiger partial charge >= 0.3 is 0 Å². The molecule has 2 N–H and O–H groups in total. The quantitative estimate of drug-likeness (QED) is 0.649. The van der Waals surface area contributed by atoms with Crippen molar-refractivity contribution in [2.24, 2.45) is 10.1 Å². The molecule has 0 fully saturated rings. The molecule has 1 aliphatic heterocycles. The van der Waals surface area contributed by atoms with E-state index in [0.29, 0.717) is 31.1 Å². The number of nitrogens with two attached hydrogens (primary N) is 1. The second-order valence-electron chi connectivity index (χ2n) is 6.39. The fourth-order valence-electron chi connectivity index (χ4n) is 2.98. The summed E-state index contributed by atoms with van der Waals surface area (Å²) in [6, 6.07) is 12.6. The van der Waals surface area contributed by atoms with Gasteiger partial charge in [-0.25, -0.2) is 13.6 Å². The second kappa shape index (κ2) is 9.51. The number of benzene rings is 2. The van der Waals surface area contributed by atoms with Crippen molar-refractivity contribution in [3.05, 3.63) is 48.0 Å². The van der Waals surface area contributed by atoms with Crippen LogP contribution in [0.3, 0.4) is 0 Å². The third-order valence-electron chi connectivity index (χ3n) is 4.27. The van der Waals surface area contributed by atoms with Gasteiger partial charge < -0.3 is 14.2 Å². The van der Waals surface area contributed by atoms with Gasteiger partial charge in [-0.1, -0.05) is 18.2 Å². The van der Waals surface area contributed by atoms with Crippen molar-refractivity contribution in [1.82, 2.24) is 0 Å². The van der Waals surface area contributed by atoms with E-state index in [0.717, 1.165) is 16.4 Å². The van der Waals surface area contributed by atoms with Crippen LogP contribution < -0.4 is 19.3 Å². The zero-order chi connectivity index (χ0) is 20.9. The van der Waals surface area contributed by atoms with Crippen molar-refractivity contribution in [3.63, 3.8) is 0 Å². The molecule has 2 aromatic rings. The first-order chi connectivity index (χ1) is 13.9. The molecule has 0 saturated carbocycles. The van der Waals surface area contributed by atoms with Gasteiger partial charge in [-0.05, 0) is 43.2 Å². The first-order valence-corrected chi connectivity index (χ1v) is 11.7. The Hall–Kier alpha value is -2.23. The molecule has 0 amide bonds. The molecule has 0 radical (unpaired) electrons. The van der Waals surface area contributed by atoms with E-state index in [2.05, 4.69) is 0 Å². The molecule has 1 atom stereocenters. The summed E-state index contributed by atoms with van der Waals surface area (Å²) in [6.07, 6.45) is 0.610. The largest absolute Gasteiger partial charge is 0.495 e. The summed E-state index contributed by atoms with van der Waals surface area (Å²) in [5, 5.41) is 6.20. The number of rotatable bonds is 9. The van der Waals surface area contributed by atoms with Gasteiger partial charge in [0.25, 0.3) is 0 Å². The van der Waals surface area contributed by atoms with Crippen LogP contribution in [0.15, 0.2) is 52.4 Å². The highest BCUT2D eigenvalue weighted by Crippen LogP contribution is 2.29. The van der Waals surface area contributed by atoms with Crippen LogP contribution >= 0.6 is 11.8 Å². The van der Waals surface area contributed by atoms with Gasteiger partial charge in [0.1, 0.15) is 22.3 Å². The number of aliphatic imine (C=N–C) groups is 1. The maximum atomic E-state index is 11.8. The molecular formula is C20H24N2O5S2. The normalized spacial score (nSPS) is 16.4. The topological polar surface area (TPSA) is 100 Å². The van der Waals surface area contributed by atoms with E-state index in [9.17, 15) is 8.42 Å². The van der Waals surface area contributed by atoms with E-state index in [1.54, 1.807) is 23.9 Å². The second-order valence-corrected chi connectivity index (χ2v) is 9.01. The summed E-state index contributed by atoms with van der Waals surface area (Å²) in [5.74, 6) is 2.45. The van der Waals surface area contributed by atoms with E-state index >= 15 is 0 Å². The molecule has 9 heteroatoms. The minimum absolute atomic E-state index is 0.0109. The highest BCUT2D eigenvalue weighted by molar-refractivity contribution is 8.14. The molecule has 0 unspecified atom stereocenters. The molecule has 2 aromatic carbocycles. The smallest absolute Gasteiger partial charge is 0.241 e. The minimum Gasteiger partial charge on any atom is -0.495 e. The molecule has 7 nitrogen and oxygen atoms in total. The van der Waals surface area contributed by atoms with E-state index in [4.69, 9.17) is 24.3 Å². The highest BCUT2D eigenvalue weighted by atomic mass is 32.2. The van der Waals surface area contributed by atoms with E-state index in [1.807, 2.05) is 37.3 Å². The van der Waals surface area contributed by atoms with Crippen LogP contribution in [0, 0.1) is 0 Å². The fourth-order valence-corrected chi connectivity index (χ4v) is 4.67. The molecule has 0 saturated heterocycles. The van der Waals surface area contributed by atoms with Crippen LogP contribution in [0.4, 0.5) is 0 Å². The lowest BCUT2D eigenvalue weighted by atomic mass is 10.1. The number of thioether (sulfide) groups is 1. The van der Waals surface area contributed by atoms with Gasteiger partial charge in [0.15, 0.2) is 11.5 Å². The molecule has 1 heterocycles. The average Bonchev–Trinajstić information content (AvgIpc) is 3.14. The van der Waals surface area contributed by atoms with E-state index < -0.39 is 10.0 Å². The Bertz CT molecular complexity index is 992. The third-order valence-corrected chi connectivity index (χ3v) is 6.31.